The van der Waals surface area contributed by atoms with Crippen LogP contribution in [-0.2, 0) is 4.79 Å². The van der Waals surface area contributed by atoms with Gasteiger partial charge in [-0.05, 0) is 6.42 Å². The maximum Gasteiger partial charge on any atom is 0.303 e. The third-order valence-corrected chi connectivity index (χ3v) is 3.67. The Bertz CT molecular complexity index is 178. The molecule has 0 amide bonds. The summed E-state index contributed by atoms with van der Waals surface area (Å²) in [6, 6.07) is 0. The van der Waals surface area contributed by atoms with Crippen LogP contribution in [0.2, 0.25) is 0 Å². The fourth-order valence-corrected chi connectivity index (χ4v) is 2.30. The maximum absolute atomic E-state index is 9.60. The van der Waals surface area contributed by atoms with Crippen molar-refractivity contribution in [2.75, 3.05) is 0 Å². The van der Waals surface area contributed by atoms with E-state index < -0.39 is 5.97 Å². The van der Waals surface area contributed by atoms with Gasteiger partial charge >= 0.3 is 5.97 Å². The largest absolute Gasteiger partial charge is 0.481 e. The summed E-state index contributed by atoms with van der Waals surface area (Å²) in [6.07, 6.45) is 19.9. The standard InChI is InChI=1S/C15H32.C4H8O2/c1-3-5-7-9-11-13-15-14-12-10-8-6-4-2;1-2-3-4(5)6/h3-15H2,1-2H3;2-3H2,1H3,(H,5,6). The zero-order valence-electron chi connectivity index (χ0n) is 15.0. The molecule has 2 nitrogen and oxygen atoms in total. The lowest BCUT2D eigenvalue weighted by molar-refractivity contribution is -0.137. The van der Waals surface area contributed by atoms with Crippen LogP contribution in [0.3, 0.4) is 0 Å². The Morgan fingerprint density at radius 3 is 1.00 bits per heavy atom. The second-order valence-electron chi connectivity index (χ2n) is 6.03. The lowest BCUT2D eigenvalue weighted by Gasteiger charge is -2.01. The van der Waals surface area contributed by atoms with Gasteiger partial charge < -0.3 is 5.11 Å². The molecule has 128 valence electrons. The molecule has 0 heterocycles. The normalized spacial score (nSPS) is 10.0. The average molecular weight is 301 g/mol. The smallest absolute Gasteiger partial charge is 0.303 e. The molecule has 0 bridgehead atoms. The van der Waals surface area contributed by atoms with Crippen LogP contribution < -0.4 is 0 Å². The van der Waals surface area contributed by atoms with Gasteiger partial charge in [0.2, 0.25) is 0 Å². The van der Waals surface area contributed by atoms with E-state index >= 15 is 0 Å². The highest BCUT2D eigenvalue weighted by atomic mass is 16.4. The molecule has 0 fully saturated rings. The van der Waals surface area contributed by atoms with Crippen molar-refractivity contribution in [1.82, 2.24) is 0 Å². The van der Waals surface area contributed by atoms with Gasteiger partial charge in [0.1, 0.15) is 0 Å². The summed E-state index contributed by atoms with van der Waals surface area (Å²) >= 11 is 0. The molecule has 0 aliphatic rings. The summed E-state index contributed by atoms with van der Waals surface area (Å²) in [5.41, 5.74) is 0. The van der Waals surface area contributed by atoms with Gasteiger partial charge in [0.15, 0.2) is 0 Å². The quantitative estimate of drug-likeness (QED) is 0.352. The van der Waals surface area contributed by atoms with E-state index in [0.717, 1.165) is 6.42 Å². The van der Waals surface area contributed by atoms with E-state index in [1.54, 1.807) is 0 Å². The predicted octanol–water partition coefficient (Wildman–Crippen LogP) is 6.97. The summed E-state index contributed by atoms with van der Waals surface area (Å²) in [5.74, 6) is -0.711. The van der Waals surface area contributed by atoms with Gasteiger partial charge in [0.05, 0.1) is 0 Å². The minimum Gasteiger partial charge on any atom is -0.481 e. The van der Waals surface area contributed by atoms with Gasteiger partial charge in [-0.3, -0.25) is 4.79 Å². The Morgan fingerprint density at radius 2 is 0.857 bits per heavy atom. The number of hydrogen-bond donors (Lipinski definition) is 1. The number of hydrogen-bond acceptors (Lipinski definition) is 1. The fourth-order valence-electron chi connectivity index (χ4n) is 2.30. The third-order valence-electron chi connectivity index (χ3n) is 3.67. The highest BCUT2D eigenvalue weighted by molar-refractivity contribution is 5.66. The summed E-state index contributed by atoms with van der Waals surface area (Å²) < 4.78 is 0. The molecule has 0 aromatic rings. The van der Waals surface area contributed by atoms with Crippen molar-refractivity contribution in [2.45, 2.75) is 117 Å². The van der Waals surface area contributed by atoms with Crippen LogP contribution in [-0.4, -0.2) is 11.1 Å². The van der Waals surface area contributed by atoms with Crippen LogP contribution >= 0.6 is 0 Å². The Hall–Kier alpha value is -0.530. The molecule has 0 radical (unpaired) electrons. The van der Waals surface area contributed by atoms with E-state index in [-0.39, 0.29) is 0 Å². The number of aliphatic carboxylic acids is 1. The topological polar surface area (TPSA) is 37.3 Å². The number of carboxylic acids is 1. The molecule has 1 N–H and O–H groups in total. The molecule has 0 rings (SSSR count). The number of carbonyl (C=O) groups is 1. The molecule has 0 atom stereocenters. The van der Waals surface area contributed by atoms with Gasteiger partial charge in [-0.15, -0.1) is 0 Å². The summed E-state index contributed by atoms with van der Waals surface area (Å²) in [6.45, 7) is 6.42. The van der Waals surface area contributed by atoms with E-state index in [0.29, 0.717) is 6.42 Å². The van der Waals surface area contributed by atoms with Gasteiger partial charge in [0.25, 0.3) is 0 Å². The summed E-state index contributed by atoms with van der Waals surface area (Å²) in [5, 5.41) is 7.91. The van der Waals surface area contributed by atoms with Crippen molar-refractivity contribution in [3.63, 3.8) is 0 Å². The molecular weight excluding hydrogens is 260 g/mol. The molecule has 0 saturated heterocycles. The fraction of sp³-hybridized carbons (Fsp3) is 0.947. The molecule has 0 aliphatic heterocycles. The first kappa shape index (κ1) is 22.7. The van der Waals surface area contributed by atoms with E-state index in [9.17, 15) is 4.79 Å². The van der Waals surface area contributed by atoms with Gasteiger partial charge in [0, 0.05) is 6.42 Å². The van der Waals surface area contributed by atoms with Crippen LogP contribution in [0.5, 0.6) is 0 Å². The summed E-state index contributed by atoms with van der Waals surface area (Å²) in [4.78, 5) is 9.60. The van der Waals surface area contributed by atoms with E-state index in [2.05, 4.69) is 13.8 Å². The van der Waals surface area contributed by atoms with Crippen LogP contribution in [0.15, 0.2) is 0 Å². The lowest BCUT2D eigenvalue weighted by atomic mass is 10.1. The maximum atomic E-state index is 9.60. The van der Waals surface area contributed by atoms with Crippen molar-refractivity contribution in [3.8, 4) is 0 Å². The average Bonchev–Trinajstić information content (AvgIpc) is 2.45. The Labute approximate surface area is 133 Å². The number of carboxylic acid groups (broad SMARTS) is 1. The highest BCUT2D eigenvalue weighted by Crippen LogP contribution is 2.12. The van der Waals surface area contributed by atoms with Crippen molar-refractivity contribution in [2.24, 2.45) is 0 Å². The predicted molar refractivity (Wildman–Crippen MR) is 93.9 cm³/mol. The molecule has 0 aliphatic carbocycles. The second-order valence-corrected chi connectivity index (χ2v) is 6.03. The molecule has 0 aromatic carbocycles. The molecule has 0 spiro atoms. The first-order valence-electron chi connectivity index (χ1n) is 9.40. The van der Waals surface area contributed by atoms with E-state index in [1.807, 2.05) is 6.92 Å². The van der Waals surface area contributed by atoms with Crippen molar-refractivity contribution >= 4 is 5.97 Å². The van der Waals surface area contributed by atoms with Gasteiger partial charge in [-0.2, -0.15) is 0 Å². The lowest BCUT2D eigenvalue weighted by Crippen LogP contribution is -1.90. The molecule has 0 saturated carbocycles. The minimum atomic E-state index is -0.711. The summed E-state index contributed by atoms with van der Waals surface area (Å²) in [7, 11) is 0. The van der Waals surface area contributed by atoms with Crippen molar-refractivity contribution < 1.29 is 9.90 Å². The van der Waals surface area contributed by atoms with Crippen LogP contribution in [0.4, 0.5) is 0 Å². The van der Waals surface area contributed by atoms with Gasteiger partial charge in [-0.25, -0.2) is 0 Å². The Kier molecular flexibility index (Phi) is 23.6. The monoisotopic (exact) mass is 300 g/mol. The molecule has 0 unspecified atom stereocenters. The second kappa shape index (κ2) is 21.8. The van der Waals surface area contributed by atoms with Crippen molar-refractivity contribution in [1.29, 1.82) is 0 Å². The van der Waals surface area contributed by atoms with E-state index in [1.165, 1.54) is 83.5 Å². The Balaban J connectivity index is 0. The minimum absolute atomic E-state index is 0.292. The number of unbranched alkanes of at least 4 members (excludes halogenated alkanes) is 12. The molecule has 2 heteroatoms. The molecular formula is C19H40O2. The number of rotatable bonds is 14. The first-order valence-corrected chi connectivity index (χ1v) is 9.40. The Morgan fingerprint density at radius 1 is 0.571 bits per heavy atom. The van der Waals surface area contributed by atoms with E-state index in [4.69, 9.17) is 5.11 Å². The van der Waals surface area contributed by atoms with Gasteiger partial charge in [-0.1, -0.05) is 104 Å². The third kappa shape index (κ3) is 28.4. The SMILES string of the molecule is CCCC(=O)O.CCCCCCCCCCCCCCC. The highest BCUT2D eigenvalue weighted by Gasteiger charge is 1.92. The van der Waals surface area contributed by atoms with Crippen LogP contribution in [0.1, 0.15) is 117 Å². The first-order chi connectivity index (χ1) is 10.2. The van der Waals surface area contributed by atoms with Crippen molar-refractivity contribution in [3.05, 3.63) is 0 Å². The zero-order valence-corrected chi connectivity index (χ0v) is 15.0. The van der Waals surface area contributed by atoms with Crippen LogP contribution in [0.25, 0.3) is 0 Å². The molecule has 21 heavy (non-hydrogen) atoms. The molecule has 0 aromatic heterocycles. The van der Waals surface area contributed by atoms with Crippen LogP contribution in [0, 0.1) is 0 Å². The zero-order chi connectivity index (χ0) is 16.2.